The van der Waals surface area contributed by atoms with Gasteiger partial charge in [0.05, 0.1) is 16.9 Å². The number of nitrogens with zero attached hydrogens (tertiary/aromatic N) is 3. The van der Waals surface area contributed by atoms with Crippen LogP contribution in [0.4, 0.5) is 20.2 Å². The summed E-state index contributed by atoms with van der Waals surface area (Å²) in [6.07, 6.45) is 6.50. The number of aromatic nitrogens is 1. The lowest BCUT2D eigenvalue weighted by molar-refractivity contribution is 0.0696. The Kier molecular flexibility index (Phi) is 9.01. The van der Waals surface area contributed by atoms with Crippen molar-refractivity contribution >= 4 is 23.2 Å². The fraction of sp³-hybridized carbons (Fsp3) is 0.406. The first-order chi connectivity index (χ1) is 20.2. The normalized spacial score (nSPS) is 16.3. The molecule has 0 unspecified atom stereocenters. The molecule has 0 spiro atoms. The van der Waals surface area contributed by atoms with E-state index in [1.54, 1.807) is 23.1 Å². The fourth-order valence-corrected chi connectivity index (χ4v) is 5.87. The molecule has 10 heteroatoms. The number of aromatic amines is 1. The number of carbonyl (C=O) groups is 2. The number of hydrogen-bond acceptors (Lipinski definition) is 5. The maximum absolute atomic E-state index is 15.3. The highest BCUT2D eigenvalue weighted by atomic mass is 19.1. The molecule has 42 heavy (non-hydrogen) atoms. The minimum Gasteiger partial charge on any atom is -0.367 e. The third-order valence-corrected chi connectivity index (χ3v) is 8.45. The number of piperazine rings is 1. The summed E-state index contributed by atoms with van der Waals surface area (Å²) in [4.78, 5) is 46.9. The number of amides is 2. The summed E-state index contributed by atoms with van der Waals surface area (Å²) in [6, 6.07) is 10.9. The molecule has 2 aromatic carbocycles. The molecule has 2 aliphatic rings. The van der Waals surface area contributed by atoms with Gasteiger partial charge >= 0.3 is 0 Å². The molecule has 0 atom stereocenters. The molecule has 1 aliphatic carbocycles. The summed E-state index contributed by atoms with van der Waals surface area (Å²) in [5.41, 5.74) is 1.79. The highest BCUT2D eigenvalue weighted by Gasteiger charge is 2.25. The van der Waals surface area contributed by atoms with Crippen molar-refractivity contribution in [3.8, 4) is 11.1 Å². The topological polar surface area (TPSA) is 88.8 Å². The van der Waals surface area contributed by atoms with Gasteiger partial charge < -0.3 is 25.0 Å². The number of nitrogens with one attached hydrogen (secondary N) is 2. The van der Waals surface area contributed by atoms with Crippen molar-refractivity contribution in [1.82, 2.24) is 14.8 Å². The van der Waals surface area contributed by atoms with E-state index in [4.69, 9.17) is 0 Å². The highest BCUT2D eigenvalue weighted by molar-refractivity contribution is 6.07. The van der Waals surface area contributed by atoms with Gasteiger partial charge in [-0.2, -0.15) is 0 Å². The van der Waals surface area contributed by atoms with Gasteiger partial charge in [0.25, 0.3) is 11.8 Å². The van der Waals surface area contributed by atoms with Crippen molar-refractivity contribution in [3.63, 3.8) is 0 Å². The summed E-state index contributed by atoms with van der Waals surface area (Å²) in [6.45, 7) is 2.12. The quantitative estimate of drug-likeness (QED) is 0.410. The van der Waals surface area contributed by atoms with Crippen LogP contribution in [0.25, 0.3) is 11.1 Å². The zero-order chi connectivity index (χ0) is 29.8. The SMILES string of the molecule is CN1CCN(c2ccc(-c3cc(C(=O)N(C)C4CCCCC4)ccc3F)cc2NC(=O)c2c[nH]c(=O)cc2CF)CC1. The minimum atomic E-state index is -0.973. The van der Waals surface area contributed by atoms with Crippen molar-refractivity contribution in [2.75, 3.05) is 50.5 Å². The van der Waals surface area contributed by atoms with Crippen molar-refractivity contribution in [3.05, 3.63) is 81.5 Å². The van der Waals surface area contributed by atoms with E-state index >= 15 is 4.39 Å². The van der Waals surface area contributed by atoms with E-state index in [-0.39, 0.29) is 28.6 Å². The van der Waals surface area contributed by atoms with Crippen LogP contribution in [0.2, 0.25) is 0 Å². The van der Waals surface area contributed by atoms with Crippen LogP contribution in [0.1, 0.15) is 58.4 Å². The average Bonchev–Trinajstić information content (AvgIpc) is 3.01. The number of H-pyrrole nitrogens is 1. The van der Waals surface area contributed by atoms with Gasteiger partial charge in [0.2, 0.25) is 5.56 Å². The molecule has 2 heterocycles. The molecule has 2 N–H and O–H groups in total. The molecule has 0 radical (unpaired) electrons. The number of hydrogen-bond donors (Lipinski definition) is 2. The molecule has 1 saturated carbocycles. The molecule has 2 amide bonds. The number of rotatable bonds is 7. The van der Waals surface area contributed by atoms with E-state index in [0.717, 1.165) is 63.6 Å². The predicted molar refractivity (Wildman–Crippen MR) is 160 cm³/mol. The lowest BCUT2D eigenvalue weighted by atomic mass is 9.94. The number of benzene rings is 2. The van der Waals surface area contributed by atoms with Crippen LogP contribution in [0.3, 0.4) is 0 Å². The van der Waals surface area contributed by atoms with Gasteiger partial charge in [-0.1, -0.05) is 25.3 Å². The Hall–Kier alpha value is -4.05. The minimum absolute atomic E-state index is 0.0105. The summed E-state index contributed by atoms with van der Waals surface area (Å²) in [5, 5.41) is 2.88. The zero-order valence-corrected chi connectivity index (χ0v) is 24.1. The fourth-order valence-electron chi connectivity index (χ4n) is 5.87. The van der Waals surface area contributed by atoms with Crippen LogP contribution in [0, 0.1) is 5.82 Å². The monoisotopic (exact) mass is 577 g/mol. The molecule has 3 aromatic rings. The second-order valence-electron chi connectivity index (χ2n) is 11.2. The van der Waals surface area contributed by atoms with Gasteiger partial charge in [0, 0.05) is 68.2 Å². The molecule has 5 rings (SSSR count). The lowest BCUT2D eigenvalue weighted by Crippen LogP contribution is -2.44. The second-order valence-corrected chi connectivity index (χ2v) is 11.2. The predicted octanol–water partition coefficient (Wildman–Crippen LogP) is 5.06. The van der Waals surface area contributed by atoms with Gasteiger partial charge in [-0.05, 0) is 55.8 Å². The standard InChI is InChI=1S/C32H37F2N5O3/c1-37-12-14-39(15-13-37)29-11-9-21(17-28(29)36-31(41)26-20-35-30(40)18-23(26)19-33)25-16-22(8-10-27(25)34)32(42)38(2)24-6-4-3-5-7-24/h8-11,16-18,20,24H,3-7,12-15,19H2,1-2H3,(H,35,40)(H,36,41). The van der Waals surface area contributed by atoms with Gasteiger partial charge in [0.1, 0.15) is 12.5 Å². The summed E-state index contributed by atoms with van der Waals surface area (Å²) in [5.74, 6) is -1.23. The van der Waals surface area contributed by atoms with Crippen LogP contribution in [-0.2, 0) is 6.67 Å². The van der Waals surface area contributed by atoms with E-state index in [9.17, 15) is 18.8 Å². The molecule has 1 saturated heterocycles. The Morgan fingerprint density at radius 2 is 1.76 bits per heavy atom. The number of pyridine rings is 1. The Balaban J connectivity index is 1.50. The van der Waals surface area contributed by atoms with Crippen molar-refractivity contribution in [2.45, 2.75) is 44.8 Å². The van der Waals surface area contributed by atoms with Crippen molar-refractivity contribution in [2.24, 2.45) is 0 Å². The van der Waals surface area contributed by atoms with Crippen molar-refractivity contribution < 1.29 is 18.4 Å². The number of anilines is 2. The largest absolute Gasteiger partial charge is 0.367 e. The summed E-state index contributed by atoms with van der Waals surface area (Å²) < 4.78 is 28.9. The van der Waals surface area contributed by atoms with E-state index in [1.807, 2.05) is 20.2 Å². The Morgan fingerprint density at radius 3 is 2.48 bits per heavy atom. The number of carbonyl (C=O) groups excluding carboxylic acids is 2. The first-order valence-electron chi connectivity index (χ1n) is 14.5. The Bertz CT molecular complexity index is 1510. The number of likely N-dealkylation sites (N-methyl/N-ethyl adjacent to an activating group) is 1. The van der Waals surface area contributed by atoms with Gasteiger partial charge in [0.15, 0.2) is 0 Å². The Labute approximate surface area is 244 Å². The second kappa shape index (κ2) is 12.9. The molecule has 222 valence electrons. The van der Waals surface area contributed by atoms with Crippen LogP contribution in [0.5, 0.6) is 0 Å². The molecule has 0 bridgehead atoms. The maximum Gasteiger partial charge on any atom is 0.257 e. The van der Waals surface area contributed by atoms with E-state index in [0.29, 0.717) is 16.8 Å². The third kappa shape index (κ3) is 6.38. The maximum atomic E-state index is 15.3. The molecular weight excluding hydrogens is 540 g/mol. The first-order valence-corrected chi connectivity index (χ1v) is 14.5. The van der Waals surface area contributed by atoms with Crippen LogP contribution < -0.4 is 15.8 Å². The highest BCUT2D eigenvalue weighted by Crippen LogP contribution is 2.35. The smallest absolute Gasteiger partial charge is 0.257 e. The van der Waals surface area contributed by atoms with E-state index in [2.05, 4.69) is 20.1 Å². The van der Waals surface area contributed by atoms with E-state index < -0.39 is 24.0 Å². The van der Waals surface area contributed by atoms with Crippen LogP contribution >= 0.6 is 0 Å². The van der Waals surface area contributed by atoms with Crippen LogP contribution in [-0.4, -0.2) is 72.9 Å². The molecule has 2 fully saturated rings. The third-order valence-electron chi connectivity index (χ3n) is 8.45. The molecule has 1 aliphatic heterocycles. The first kappa shape index (κ1) is 29.4. The van der Waals surface area contributed by atoms with E-state index in [1.165, 1.54) is 24.8 Å². The molecular formula is C32H37F2N5O3. The number of halogens is 2. The Morgan fingerprint density at radius 1 is 1.02 bits per heavy atom. The number of alkyl halides is 1. The average molecular weight is 578 g/mol. The van der Waals surface area contributed by atoms with Gasteiger partial charge in [-0.15, -0.1) is 0 Å². The molecule has 8 nitrogen and oxygen atoms in total. The van der Waals surface area contributed by atoms with Crippen molar-refractivity contribution in [1.29, 1.82) is 0 Å². The van der Waals surface area contributed by atoms with Gasteiger partial charge in [-0.3, -0.25) is 14.4 Å². The summed E-state index contributed by atoms with van der Waals surface area (Å²) in [7, 11) is 3.85. The van der Waals surface area contributed by atoms with Crippen LogP contribution in [0.15, 0.2) is 53.5 Å². The van der Waals surface area contributed by atoms with Gasteiger partial charge in [-0.25, -0.2) is 8.78 Å². The lowest BCUT2D eigenvalue weighted by Gasteiger charge is -2.35. The zero-order valence-electron chi connectivity index (χ0n) is 24.1. The summed E-state index contributed by atoms with van der Waals surface area (Å²) >= 11 is 0. The molecule has 1 aromatic heterocycles.